The molecule has 1 aliphatic heterocycles. The average molecular weight is 286 g/mol. The SMILES string of the molecule is CN1C(=O)C(OCCC(F)F)N=C1c1ccc(F)cc1. The van der Waals surface area contributed by atoms with Gasteiger partial charge in [0.25, 0.3) is 5.91 Å². The summed E-state index contributed by atoms with van der Waals surface area (Å²) in [5.41, 5.74) is 0.558. The molecule has 0 bridgehead atoms. The van der Waals surface area contributed by atoms with Crippen LogP contribution in [0.15, 0.2) is 29.3 Å². The summed E-state index contributed by atoms with van der Waals surface area (Å²) >= 11 is 0. The van der Waals surface area contributed by atoms with Crippen LogP contribution in [0.5, 0.6) is 0 Å². The molecule has 0 aromatic heterocycles. The quantitative estimate of drug-likeness (QED) is 0.831. The van der Waals surface area contributed by atoms with E-state index in [0.717, 1.165) is 0 Å². The number of likely N-dealkylation sites (N-methyl/N-ethyl adjacent to an activating group) is 1. The third kappa shape index (κ3) is 3.16. The second-order valence-electron chi connectivity index (χ2n) is 4.26. The number of ether oxygens (including phenoxy) is 1. The molecule has 1 amide bonds. The fraction of sp³-hybridized carbons (Fsp3) is 0.385. The number of halogens is 3. The van der Waals surface area contributed by atoms with Crippen LogP contribution in [0.25, 0.3) is 0 Å². The molecule has 0 aliphatic carbocycles. The fourth-order valence-corrected chi connectivity index (χ4v) is 1.77. The summed E-state index contributed by atoms with van der Waals surface area (Å²) in [4.78, 5) is 17.2. The van der Waals surface area contributed by atoms with Gasteiger partial charge in [-0.15, -0.1) is 0 Å². The van der Waals surface area contributed by atoms with Gasteiger partial charge < -0.3 is 4.74 Å². The number of hydrogen-bond acceptors (Lipinski definition) is 3. The minimum absolute atomic E-state index is 0.248. The van der Waals surface area contributed by atoms with E-state index in [1.807, 2.05) is 0 Å². The lowest BCUT2D eigenvalue weighted by atomic mass is 10.2. The van der Waals surface area contributed by atoms with Crippen LogP contribution in [0.1, 0.15) is 12.0 Å². The zero-order valence-corrected chi connectivity index (χ0v) is 10.7. The van der Waals surface area contributed by atoms with Gasteiger partial charge in [0.2, 0.25) is 12.7 Å². The Hall–Kier alpha value is -1.89. The maximum atomic E-state index is 12.9. The van der Waals surface area contributed by atoms with Crippen molar-refractivity contribution in [1.29, 1.82) is 0 Å². The Bertz CT molecular complexity index is 517. The summed E-state index contributed by atoms with van der Waals surface area (Å²) in [6.07, 6.45) is -4.04. The first-order chi connectivity index (χ1) is 9.49. The van der Waals surface area contributed by atoms with Crippen molar-refractivity contribution in [1.82, 2.24) is 4.90 Å². The van der Waals surface area contributed by atoms with Gasteiger partial charge in [-0.1, -0.05) is 0 Å². The Morgan fingerprint density at radius 3 is 2.60 bits per heavy atom. The maximum absolute atomic E-state index is 12.9. The van der Waals surface area contributed by atoms with E-state index in [4.69, 9.17) is 4.74 Å². The van der Waals surface area contributed by atoms with Crippen molar-refractivity contribution in [3.8, 4) is 0 Å². The molecule has 0 saturated carbocycles. The van der Waals surface area contributed by atoms with Crippen molar-refractivity contribution >= 4 is 11.7 Å². The van der Waals surface area contributed by atoms with Crippen molar-refractivity contribution in [2.24, 2.45) is 4.99 Å². The summed E-state index contributed by atoms with van der Waals surface area (Å²) in [5, 5.41) is 0. The molecule has 2 rings (SSSR count). The predicted octanol–water partition coefficient (Wildman–Crippen LogP) is 2.04. The van der Waals surface area contributed by atoms with E-state index in [1.54, 1.807) is 0 Å². The minimum Gasteiger partial charge on any atom is -0.348 e. The monoisotopic (exact) mass is 286 g/mol. The highest BCUT2D eigenvalue weighted by Gasteiger charge is 2.33. The fourth-order valence-electron chi connectivity index (χ4n) is 1.77. The van der Waals surface area contributed by atoms with Gasteiger partial charge in [-0.05, 0) is 24.3 Å². The molecule has 20 heavy (non-hydrogen) atoms. The molecule has 7 heteroatoms. The molecule has 0 radical (unpaired) electrons. The van der Waals surface area contributed by atoms with Gasteiger partial charge in [0, 0.05) is 19.0 Å². The lowest BCUT2D eigenvalue weighted by Crippen LogP contribution is -2.33. The Morgan fingerprint density at radius 1 is 1.35 bits per heavy atom. The van der Waals surface area contributed by atoms with E-state index >= 15 is 0 Å². The van der Waals surface area contributed by atoms with Crippen LogP contribution in [0, 0.1) is 5.82 Å². The highest BCUT2D eigenvalue weighted by Crippen LogP contribution is 2.17. The standard InChI is InChI=1S/C13H13F3N2O2/c1-18-11(8-2-4-9(14)5-3-8)17-12(13(18)19)20-7-6-10(15)16/h2-5,10,12H,6-7H2,1H3. The van der Waals surface area contributed by atoms with Crippen LogP contribution in [0.4, 0.5) is 13.2 Å². The normalized spacial score (nSPS) is 18.9. The Labute approximate surface area is 113 Å². The van der Waals surface area contributed by atoms with Crippen molar-refractivity contribution < 1.29 is 22.7 Å². The average Bonchev–Trinajstić information content (AvgIpc) is 2.68. The molecule has 1 unspecified atom stereocenters. The Morgan fingerprint density at radius 2 is 2.00 bits per heavy atom. The number of rotatable bonds is 5. The lowest BCUT2D eigenvalue weighted by Gasteiger charge is -2.12. The molecule has 1 atom stereocenters. The van der Waals surface area contributed by atoms with Crippen molar-refractivity contribution in [2.75, 3.05) is 13.7 Å². The second kappa shape index (κ2) is 6.04. The van der Waals surface area contributed by atoms with Gasteiger partial charge >= 0.3 is 0 Å². The van der Waals surface area contributed by atoms with Crippen molar-refractivity contribution in [3.05, 3.63) is 35.6 Å². The van der Waals surface area contributed by atoms with E-state index in [0.29, 0.717) is 11.4 Å². The van der Waals surface area contributed by atoms with Gasteiger partial charge in [0.1, 0.15) is 11.7 Å². The second-order valence-corrected chi connectivity index (χ2v) is 4.26. The molecule has 1 aromatic carbocycles. The number of alkyl halides is 2. The summed E-state index contributed by atoms with van der Waals surface area (Å²) in [5.74, 6) is -0.498. The van der Waals surface area contributed by atoms with Crippen LogP contribution < -0.4 is 0 Å². The van der Waals surface area contributed by atoms with Crippen LogP contribution in [0.2, 0.25) is 0 Å². The zero-order valence-electron chi connectivity index (χ0n) is 10.7. The predicted molar refractivity (Wildman–Crippen MR) is 66.1 cm³/mol. The maximum Gasteiger partial charge on any atom is 0.279 e. The first-order valence-corrected chi connectivity index (χ1v) is 6.00. The molecule has 108 valence electrons. The summed E-state index contributed by atoms with van der Waals surface area (Å²) < 4.78 is 41.9. The first-order valence-electron chi connectivity index (χ1n) is 6.00. The van der Waals surface area contributed by atoms with E-state index in [2.05, 4.69) is 4.99 Å². The molecule has 0 saturated heterocycles. The van der Waals surface area contributed by atoms with Crippen molar-refractivity contribution in [3.63, 3.8) is 0 Å². The van der Waals surface area contributed by atoms with E-state index in [9.17, 15) is 18.0 Å². The van der Waals surface area contributed by atoms with E-state index in [-0.39, 0.29) is 6.61 Å². The number of amides is 1. The number of aliphatic imine (C=N–C) groups is 1. The Balaban J connectivity index is 2.09. The zero-order chi connectivity index (χ0) is 14.7. The molecule has 0 fully saturated rings. The number of benzene rings is 1. The summed E-state index contributed by atoms with van der Waals surface area (Å²) in [7, 11) is 1.50. The van der Waals surface area contributed by atoms with Gasteiger partial charge in [0.15, 0.2) is 0 Å². The third-order valence-corrected chi connectivity index (χ3v) is 2.81. The minimum atomic E-state index is -2.48. The van der Waals surface area contributed by atoms with Gasteiger partial charge in [0.05, 0.1) is 6.61 Å². The molecule has 0 spiro atoms. The molecule has 1 aromatic rings. The van der Waals surface area contributed by atoms with E-state index in [1.165, 1.54) is 36.2 Å². The number of carbonyl (C=O) groups excluding carboxylic acids is 1. The highest BCUT2D eigenvalue weighted by molar-refractivity contribution is 6.12. The molecular weight excluding hydrogens is 273 g/mol. The third-order valence-electron chi connectivity index (χ3n) is 2.81. The Kier molecular flexibility index (Phi) is 4.39. The van der Waals surface area contributed by atoms with Crippen molar-refractivity contribution in [2.45, 2.75) is 19.1 Å². The molecular formula is C13H13F3N2O2. The number of amidine groups is 1. The molecule has 4 nitrogen and oxygen atoms in total. The molecule has 0 N–H and O–H groups in total. The lowest BCUT2D eigenvalue weighted by molar-refractivity contribution is -0.136. The molecule has 1 heterocycles. The molecule has 1 aliphatic rings. The summed E-state index contributed by atoms with van der Waals surface area (Å²) in [6, 6.07) is 5.47. The summed E-state index contributed by atoms with van der Waals surface area (Å²) in [6.45, 7) is -0.248. The van der Waals surface area contributed by atoms with Gasteiger partial charge in [-0.3, -0.25) is 9.69 Å². The highest BCUT2D eigenvalue weighted by atomic mass is 19.3. The number of nitrogens with zero attached hydrogens (tertiary/aromatic N) is 2. The van der Waals surface area contributed by atoms with E-state index < -0.39 is 30.8 Å². The first kappa shape index (κ1) is 14.5. The number of carbonyl (C=O) groups is 1. The van der Waals surface area contributed by atoms with Crippen LogP contribution in [0.3, 0.4) is 0 Å². The van der Waals surface area contributed by atoms with Gasteiger partial charge in [-0.2, -0.15) is 0 Å². The number of hydrogen-bond donors (Lipinski definition) is 0. The van der Waals surface area contributed by atoms with Gasteiger partial charge in [-0.25, -0.2) is 18.2 Å². The van der Waals surface area contributed by atoms with Crippen LogP contribution in [-0.4, -0.2) is 43.0 Å². The smallest absolute Gasteiger partial charge is 0.279 e. The van der Waals surface area contributed by atoms with Crippen LogP contribution in [-0.2, 0) is 9.53 Å². The van der Waals surface area contributed by atoms with Crippen LogP contribution >= 0.6 is 0 Å². The largest absolute Gasteiger partial charge is 0.348 e. The topological polar surface area (TPSA) is 41.9 Å².